The van der Waals surface area contributed by atoms with Gasteiger partial charge in [0.2, 0.25) is 5.88 Å². The minimum Gasteiger partial charge on any atom is -0.481 e. The maximum absolute atomic E-state index is 12.0. The lowest BCUT2D eigenvalue weighted by Crippen LogP contribution is -2.38. The third kappa shape index (κ3) is 3.43. The third-order valence-electron chi connectivity index (χ3n) is 4.41. The molecule has 28 heavy (non-hydrogen) atoms. The number of ether oxygens (including phenoxy) is 2. The maximum atomic E-state index is 12.0. The summed E-state index contributed by atoms with van der Waals surface area (Å²) in [7, 11) is 1.53. The highest BCUT2D eigenvalue weighted by molar-refractivity contribution is 5.88. The average Bonchev–Trinajstić information content (AvgIpc) is 2.72. The number of hydroxylamine groups is 1. The number of hydrogen-bond donors (Lipinski definition) is 2. The second-order valence-electron chi connectivity index (χ2n) is 6.49. The van der Waals surface area contributed by atoms with Crippen molar-refractivity contribution in [1.29, 1.82) is 0 Å². The van der Waals surface area contributed by atoms with E-state index in [0.29, 0.717) is 34.0 Å². The molecule has 0 aliphatic carbocycles. The number of rotatable bonds is 5. The molecule has 2 N–H and O–H groups in total. The predicted octanol–water partition coefficient (Wildman–Crippen LogP) is 3.76. The van der Waals surface area contributed by atoms with Crippen molar-refractivity contribution in [2.45, 2.75) is 19.3 Å². The molecule has 0 saturated carbocycles. The van der Waals surface area contributed by atoms with Gasteiger partial charge in [-0.15, -0.1) is 0 Å². The first kappa shape index (κ1) is 19.1. The lowest BCUT2D eigenvalue weighted by molar-refractivity contribution is -0.134. The van der Waals surface area contributed by atoms with Crippen LogP contribution < -0.4 is 15.0 Å². The molecule has 8 nitrogen and oxygen atoms in total. The van der Waals surface area contributed by atoms with Gasteiger partial charge in [-0.1, -0.05) is 6.07 Å². The number of nitrogens with zero attached hydrogens (tertiary/aromatic N) is 3. The first-order chi connectivity index (χ1) is 13.4. The Balaban J connectivity index is 1.99. The van der Waals surface area contributed by atoms with Gasteiger partial charge in [0.05, 0.1) is 24.5 Å². The summed E-state index contributed by atoms with van der Waals surface area (Å²) in [6.07, 6.45) is 1.57. The summed E-state index contributed by atoms with van der Waals surface area (Å²) in [4.78, 5) is 24.0. The molecule has 8 heteroatoms. The number of pyridine rings is 2. The van der Waals surface area contributed by atoms with Gasteiger partial charge >= 0.3 is 0 Å². The first-order valence-electron chi connectivity index (χ1n) is 8.35. The topological polar surface area (TPSA) is 97.9 Å². The zero-order chi connectivity index (χ0) is 20.3. The molecule has 2 heterocycles. The molecule has 3 aromatic rings. The van der Waals surface area contributed by atoms with E-state index in [-0.39, 0.29) is 5.69 Å². The van der Waals surface area contributed by atoms with Gasteiger partial charge in [0.1, 0.15) is 11.5 Å². The van der Waals surface area contributed by atoms with Gasteiger partial charge < -0.3 is 9.47 Å². The van der Waals surface area contributed by atoms with Crippen molar-refractivity contribution in [3.63, 3.8) is 0 Å². The van der Waals surface area contributed by atoms with Gasteiger partial charge in [0.25, 0.3) is 5.91 Å². The minimum absolute atomic E-state index is 0.254. The molecule has 0 radical (unpaired) electrons. The SMILES string of the molecule is [C-]#[N+]c1cc(Oc2ccnc3nc(OC)ccc23)ccc1C(C)(C)C(=O)NO. The normalized spacial score (nSPS) is 11.0. The molecule has 0 atom stereocenters. The van der Waals surface area contributed by atoms with Crippen LogP contribution in [0.1, 0.15) is 19.4 Å². The van der Waals surface area contributed by atoms with Crippen molar-refractivity contribution in [3.8, 4) is 17.4 Å². The standard InChI is InChI=1S/C20H18N4O4/c1-20(2,19(25)24-26)14-7-5-12(11-15(14)21-3)28-16-9-10-22-18-13(16)6-8-17(23-18)27-4/h5-11,26H,1-2,4H3,(H,24,25). The zero-order valence-electron chi connectivity index (χ0n) is 15.6. The number of nitrogens with one attached hydrogen (secondary N) is 1. The Morgan fingerprint density at radius 1 is 1.25 bits per heavy atom. The van der Waals surface area contributed by atoms with Crippen LogP contribution in [0.4, 0.5) is 5.69 Å². The van der Waals surface area contributed by atoms with Crippen molar-refractivity contribution in [1.82, 2.24) is 15.4 Å². The number of amides is 1. The number of aromatic nitrogens is 2. The highest BCUT2D eigenvalue weighted by atomic mass is 16.5. The molecule has 0 aliphatic rings. The van der Waals surface area contributed by atoms with Crippen molar-refractivity contribution in [3.05, 3.63) is 59.6 Å². The number of methoxy groups -OCH3 is 1. The van der Waals surface area contributed by atoms with Gasteiger partial charge in [0.15, 0.2) is 11.3 Å². The van der Waals surface area contributed by atoms with Crippen LogP contribution in [0.2, 0.25) is 0 Å². The Hall–Kier alpha value is -3.70. The predicted molar refractivity (Wildman–Crippen MR) is 102 cm³/mol. The van der Waals surface area contributed by atoms with E-state index in [1.807, 2.05) is 0 Å². The summed E-state index contributed by atoms with van der Waals surface area (Å²) < 4.78 is 11.1. The molecule has 0 spiro atoms. The van der Waals surface area contributed by atoms with Gasteiger partial charge in [-0.3, -0.25) is 10.0 Å². The minimum atomic E-state index is -1.09. The molecule has 0 aliphatic heterocycles. The fraction of sp³-hybridized carbons (Fsp3) is 0.200. The Morgan fingerprint density at radius 2 is 2.04 bits per heavy atom. The Kier molecular flexibility index (Phi) is 5.11. The van der Waals surface area contributed by atoms with Crippen molar-refractivity contribution < 1.29 is 19.5 Å². The van der Waals surface area contributed by atoms with Crippen molar-refractivity contribution in [2.24, 2.45) is 0 Å². The van der Waals surface area contributed by atoms with E-state index < -0.39 is 11.3 Å². The van der Waals surface area contributed by atoms with Crippen LogP contribution in [0, 0.1) is 6.57 Å². The molecule has 142 valence electrons. The van der Waals surface area contributed by atoms with Crippen LogP contribution in [-0.4, -0.2) is 28.2 Å². The van der Waals surface area contributed by atoms with Crippen LogP contribution in [0.15, 0.2) is 42.6 Å². The van der Waals surface area contributed by atoms with Crippen LogP contribution >= 0.6 is 0 Å². The fourth-order valence-electron chi connectivity index (χ4n) is 2.77. The molecule has 2 aromatic heterocycles. The maximum Gasteiger partial charge on any atom is 0.252 e. The summed E-state index contributed by atoms with van der Waals surface area (Å²) in [6.45, 7) is 10.7. The van der Waals surface area contributed by atoms with Gasteiger partial charge in [-0.25, -0.2) is 15.3 Å². The second-order valence-corrected chi connectivity index (χ2v) is 6.49. The monoisotopic (exact) mass is 378 g/mol. The number of carbonyl (C=O) groups is 1. The van der Waals surface area contributed by atoms with E-state index in [1.54, 1.807) is 61.9 Å². The van der Waals surface area contributed by atoms with Crippen LogP contribution in [0.25, 0.3) is 15.9 Å². The number of benzene rings is 1. The Labute approximate surface area is 161 Å². The zero-order valence-corrected chi connectivity index (χ0v) is 15.6. The van der Waals surface area contributed by atoms with Crippen molar-refractivity contribution >= 4 is 22.6 Å². The lowest BCUT2D eigenvalue weighted by Gasteiger charge is -2.24. The third-order valence-corrected chi connectivity index (χ3v) is 4.41. The van der Waals surface area contributed by atoms with Gasteiger partial charge in [0, 0.05) is 12.3 Å². The average molecular weight is 378 g/mol. The lowest BCUT2D eigenvalue weighted by atomic mass is 9.83. The Morgan fingerprint density at radius 3 is 2.71 bits per heavy atom. The summed E-state index contributed by atoms with van der Waals surface area (Å²) >= 11 is 0. The van der Waals surface area contributed by atoms with Gasteiger partial charge in [-0.05, 0) is 43.7 Å². The highest BCUT2D eigenvalue weighted by Crippen LogP contribution is 2.37. The fourth-order valence-corrected chi connectivity index (χ4v) is 2.77. The smallest absolute Gasteiger partial charge is 0.252 e. The quantitative estimate of drug-likeness (QED) is 0.398. The molecular weight excluding hydrogens is 360 g/mol. The summed E-state index contributed by atoms with van der Waals surface area (Å²) in [5.74, 6) is 0.793. The number of carbonyl (C=O) groups excluding carboxylic acids is 1. The van der Waals surface area contributed by atoms with Crippen molar-refractivity contribution in [2.75, 3.05) is 7.11 Å². The molecule has 0 bridgehead atoms. The molecule has 1 amide bonds. The van der Waals surface area contributed by atoms with E-state index in [1.165, 1.54) is 7.11 Å². The van der Waals surface area contributed by atoms with Gasteiger partial charge in [-0.2, -0.15) is 4.98 Å². The van der Waals surface area contributed by atoms with E-state index >= 15 is 0 Å². The second kappa shape index (κ2) is 7.50. The first-order valence-corrected chi connectivity index (χ1v) is 8.35. The van der Waals surface area contributed by atoms with Crippen LogP contribution in [-0.2, 0) is 10.2 Å². The number of hydrogen-bond acceptors (Lipinski definition) is 6. The molecule has 0 unspecified atom stereocenters. The van der Waals surface area contributed by atoms with E-state index in [4.69, 9.17) is 21.3 Å². The number of fused-ring (bicyclic) bond motifs is 1. The molecule has 1 aromatic carbocycles. The highest BCUT2D eigenvalue weighted by Gasteiger charge is 2.32. The van der Waals surface area contributed by atoms with Crippen LogP contribution in [0.5, 0.6) is 17.4 Å². The summed E-state index contributed by atoms with van der Waals surface area (Å²) in [5.41, 5.74) is 1.76. The molecule has 0 saturated heterocycles. The Bertz CT molecular complexity index is 1090. The summed E-state index contributed by atoms with van der Waals surface area (Å²) in [5, 5.41) is 9.65. The largest absolute Gasteiger partial charge is 0.481 e. The van der Waals surface area contributed by atoms with E-state index in [9.17, 15) is 4.79 Å². The summed E-state index contributed by atoms with van der Waals surface area (Å²) in [6, 6.07) is 10.1. The molecule has 3 rings (SSSR count). The van der Waals surface area contributed by atoms with E-state index in [2.05, 4.69) is 14.8 Å². The van der Waals surface area contributed by atoms with E-state index in [0.717, 1.165) is 0 Å². The molecular formula is C20H18N4O4. The molecule has 0 fully saturated rings. The van der Waals surface area contributed by atoms with Crippen LogP contribution in [0.3, 0.4) is 0 Å².